The highest BCUT2D eigenvalue weighted by atomic mass is 16.6. The van der Waals surface area contributed by atoms with Crippen LogP contribution in [0.4, 0.5) is 4.79 Å². The molecule has 1 amide bonds. The van der Waals surface area contributed by atoms with E-state index in [-0.39, 0.29) is 6.54 Å². The summed E-state index contributed by atoms with van der Waals surface area (Å²) >= 11 is 0. The average Bonchev–Trinajstić information content (AvgIpc) is 2.78. The van der Waals surface area contributed by atoms with Gasteiger partial charge < -0.3 is 14.7 Å². The van der Waals surface area contributed by atoms with Crippen molar-refractivity contribution in [1.29, 1.82) is 0 Å². The van der Waals surface area contributed by atoms with Crippen LogP contribution in [0, 0.1) is 5.92 Å². The first kappa shape index (κ1) is 16.3. The van der Waals surface area contributed by atoms with Crippen LogP contribution in [0.3, 0.4) is 0 Å². The van der Waals surface area contributed by atoms with Crippen LogP contribution in [0.5, 0.6) is 0 Å². The number of nitrogens with zero attached hydrogens (tertiary/aromatic N) is 2. The molecule has 1 aliphatic rings. The van der Waals surface area contributed by atoms with Gasteiger partial charge in [0.1, 0.15) is 5.60 Å². The van der Waals surface area contributed by atoms with Gasteiger partial charge in [0.05, 0.1) is 5.92 Å². The summed E-state index contributed by atoms with van der Waals surface area (Å²) in [6, 6.07) is 3.60. The molecular weight excluding hydrogens is 284 g/mol. The van der Waals surface area contributed by atoms with E-state index in [1.54, 1.807) is 45.3 Å². The van der Waals surface area contributed by atoms with Crippen LogP contribution in [0.1, 0.15) is 33.3 Å². The van der Waals surface area contributed by atoms with Crippen molar-refractivity contribution in [1.82, 2.24) is 9.88 Å². The number of likely N-dealkylation sites (tertiary alicyclic amines) is 1. The minimum atomic E-state index is -0.912. The Morgan fingerprint density at radius 1 is 1.36 bits per heavy atom. The van der Waals surface area contributed by atoms with E-state index in [0.29, 0.717) is 6.54 Å². The summed E-state index contributed by atoms with van der Waals surface area (Å²) in [6.07, 6.45) is 2.79. The smallest absolute Gasteiger partial charge is 0.410 e. The van der Waals surface area contributed by atoms with Crippen molar-refractivity contribution < 1.29 is 19.4 Å². The molecule has 0 bridgehead atoms. The number of carboxylic acid groups (broad SMARTS) is 1. The first-order valence-electron chi connectivity index (χ1n) is 7.25. The highest BCUT2D eigenvalue weighted by Gasteiger charge is 2.50. The summed E-state index contributed by atoms with van der Waals surface area (Å²) in [5.74, 6) is -1.59. The Balaban J connectivity index is 2.28. The van der Waals surface area contributed by atoms with Crippen molar-refractivity contribution in [3.05, 3.63) is 30.1 Å². The number of carbonyl (C=O) groups excluding carboxylic acids is 1. The van der Waals surface area contributed by atoms with Crippen LogP contribution in [-0.2, 0) is 14.9 Å². The second-order valence-electron chi connectivity index (χ2n) is 6.91. The Morgan fingerprint density at radius 3 is 2.45 bits per heavy atom. The van der Waals surface area contributed by atoms with Crippen LogP contribution in [-0.4, -0.2) is 45.7 Å². The van der Waals surface area contributed by atoms with E-state index in [4.69, 9.17) is 4.74 Å². The first-order chi connectivity index (χ1) is 10.1. The minimum Gasteiger partial charge on any atom is -0.481 e. The van der Waals surface area contributed by atoms with E-state index in [9.17, 15) is 14.7 Å². The fraction of sp³-hybridized carbons (Fsp3) is 0.562. The third kappa shape index (κ3) is 3.21. The molecule has 6 heteroatoms. The molecule has 1 aromatic rings. The second kappa shape index (κ2) is 5.59. The number of pyridine rings is 1. The molecule has 1 N–H and O–H groups in total. The number of ether oxygens (including phenoxy) is 1. The van der Waals surface area contributed by atoms with E-state index >= 15 is 0 Å². The molecule has 0 saturated carbocycles. The van der Waals surface area contributed by atoms with Crippen LogP contribution in [0.15, 0.2) is 24.5 Å². The molecule has 0 spiro atoms. The summed E-state index contributed by atoms with van der Waals surface area (Å²) in [6.45, 7) is 7.69. The van der Waals surface area contributed by atoms with Crippen LogP contribution >= 0.6 is 0 Å². The lowest BCUT2D eigenvalue weighted by molar-refractivity contribution is -0.142. The van der Waals surface area contributed by atoms with Gasteiger partial charge in [-0.05, 0) is 38.5 Å². The first-order valence-corrected chi connectivity index (χ1v) is 7.25. The van der Waals surface area contributed by atoms with Gasteiger partial charge in [-0.2, -0.15) is 0 Å². The SMILES string of the molecule is CC(C)(C)OC(=O)N1CC(C(=O)O)C(C)(c2ccncc2)C1. The summed E-state index contributed by atoms with van der Waals surface area (Å²) in [5.41, 5.74) is -0.405. The average molecular weight is 306 g/mol. The van der Waals surface area contributed by atoms with Gasteiger partial charge in [-0.1, -0.05) is 6.92 Å². The zero-order chi connectivity index (χ0) is 16.5. The predicted octanol–water partition coefficient (Wildman–Crippen LogP) is 2.29. The van der Waals surface area contributed by atoms with Gasteiger partial charge in [0.25, 0.3) is 0 Å². The number of aromatic nitrogens is 1. The molecule has 2 atom stereocenters. The monoisotopic (exact) mass is 306 g/mol. The molecule has 1 saturated heterocycles. The maximum Gasteiger partial charge on any atom is 0.410 e. The summed E-state index contributed by atoms with van der Waals surface area (Å²) in [7, 11) is 0. The number of amides is 1. The lowest BCUT2D eigenvalue weighted by Gasteiger charge is -2.29. The number of hydrogen-bond donors (Lipinski definition) is 1. The van der Waals surface area contributed by atoms with E-state index < -0.39 is 29.0 Å². The molecule has 0 radical (unpaired) electrons. The quantitative estimate of drug-likeness (QED) is 0.907. The molecule has 22 heavy (non-hydrogen) atoms. The van der Waals surface area contributed by atoms with Gasteiger partial charge in [0.2, 0.25) is 0 Å². The summed E-state index contributed by atoms with van der Waals surface area (Å²) in [5, 5.41) is 9.55. The molecule has 2 heterocycles. The van der Waals surface area contributed by atoms with E-state index in [1.165, 1.54) is 4.90 Å². The highest BCUT2D eigenvalue weighted by Crippen LogP contribution is 2.39. The van der Waals surface area contributed by atoms with E-state index in [2.05, 4.69) is 4.98 Å². The fourth-order valence-electron chi connectivity index (χ4n) is 2.83. The molecule has 1 aromatic heterocycles. The molecule has 0 aromatic carbocycles. The Morgan fingerprint density at radius 2 is 1.95 bits per heavy atom. The zero-order valence-corrected chi connectivity index (χ0v) is 13.4. The Labute approximate surface area is 130 Å². The normalized spacial score (nSPS) is 25.1. The fourth-order valence-corrected chi connectivity index (χ4v) is 2.83. The topological polar surface area (TPSA) is 79.7 Å². The van der Waals surface area contributed by atoms with Crippen molar-refractivity contribution in [2.75, 3.05) is 13.1 Å². The van der Waals surface area contributed by atoms with Crippen molar-refractivity contribution in [2.45, 2.75) is 38.7 Å². The third-order valence-electron chi connectivity index (χ3n) is 3.98. The maximum absolute atomic E-state index is 12.2. The molecule has 0 aliphatic carbocycles. The van der Waals surface area contributed by atoms with Crippen LogP contribution < -0.4 is 0 Å². The van der Waals surface area contributed by atoms with Crippen molar-refractivity contribution in [3.63, 3.8) is 0 Å². The minimum absolute atomic E-state index is 0.142. The van der Waals surface area contributed by atoms with Crippen molar-refractivity contribution >= 4 is 12.1 Å². The molecular formula is C16H22N2O4. The highest BCUT2D eigenvalue weighted by molar-refractivity contribution is 5.77. The van der Waals surface area contributed by atoms with Gasteiger partial charge in [-0.3, -0.25) is 9.78 Å². The largest absolute Gasteiger partial charge is 0.481 e. The number of hydrogen-bond acceptors (Lipinski definition) is 4. The van der Waals surface area contributed by atoms with Gasteiger partial charge in [0.15, 0.2) is 0 Å². The zero-order valence-electron chi connectivity index (χ0n) is 13.4. The number of aliphatic carboxylic acids is 1. The van der Waals surface area contributed by atoms with Gasteiger partial charge in [-0.15, -0.1) is 0 Å². The summed E-state index contributed by atoms with van der Waals surface area (Å²) in [4.78, 5) is 29.3. The van der Waals surface area contributed by atoms with E-state index in [1.807, 2.05) is 6.92 Å². The van der Waals surface area contributed by atoms with E-state index in [0.717, 1.165) is 5.56 Å². The maximum atomic E-state index is 12.2. The van der Waals surface area contributed by atoms with Gasteiger partial charge in [0, 0.05) is 30.9 Å². The van der Waals surface area contributed by atoms with Gasteiger partial charge in [-0.25, -0.2) is 4.79 Å². The lowest BCUT2D eigenvalue weighted by atomic mass is 9.74. The predicted molar refractivity (Wildman–Crippen MR) is 80.5 cm³/mol. The molecule has 1 fully saturated rings. The standard InChI is InChI=1S/C16H22N2O4/c1-15(2,3)22-14(21)18-9-12(13(19)20)16(4,10-18)11-5-7-17-8-6-11/h5-8,12H,9-10H2,1-4H3,(H,19,20). The number of carbonyl (C=O) groups is 2. The van der Waals surface area contributed by atoms with Crippen molar-refractivity contribution in [2.24, 2.45) is 5.92 Å². The van der Waals surface area contributed by atoms with Crippen LogP contribution in [0.25, 0.3) is 0 Å². The van der Waals surface area contributed by atoms with Crippen LogP contribution in [0.2, 0.25) is 0 Å². The molecule has 120 valence electrons. The molecule has 6 nitrogen and oxygen atoms in total. The number of carboxylic acids is 1. The Hall–Kier alpha value is -2.11. The third-order valence-corrected chi connectivity index (χ3v) is 3.98. The summed E-state index contributed by atoms with van der Waals surface area (Å²) < 4.78 is 5.36. The Kier molecular flexibility index (Phi) is 4.13. The second-order valence-corrected chi connectivity index (χ2v) is 6.91. The lowest BCUT2D eigenvalue weighted by Crippen LogP contribution is -2.38. The Bertz CT molecular complexity index is 567. The molecule has 2 unspecified atom stereocenters. The van der Waals surface area contributed by atoms with Crippen molar-refractivity contribution in [3.8, 4) is 0 Å². The van der Waals surface area contributed by atoms with Gasteiger partial charge >= 0.3 is 12.1 Å². The molecule has 2 rings (SSSR count). The molecule has 1 aliphatic heterocycles. The number of rotatable bonds is 2.